The second kappa shape index (κ2) is 12.3. The molecule has 13 heteroatoms. The minimum Gasteiger partial charge on any atom is -0.339 e. The standard InChI is InChI=1S/C35H49N5O7S/c1-9-21-17-35(21,31(44)39-48(46,47)22-13-11-10-12-14-22)38-29(42)26-24-23(34(24,7)8)18-40(26)30(43)28(33(4,5)6)37-32(45)36-25(19(2)3)27(41)20-15-16-20/h9-14,19-21,23-26,28H,1,15-18H2,2-8H3,(H,38,42)(H,39,44)(H2,36,37,45)/t21?,23?,24-,25-,26?,28+,35+/m0/s1. The molecule has 4 N–H and O–H groups in total. The predicted octanol–water partition coefficient (Wildman–Crippen LogP) is 2.75. The van der Waals surface area contributed by atoms with Gasteiger partial charge in [0.05, 0.1) is 10.9 Å². The van der Waals surface area contributed by atoms with Crippen molar-refractivity contribution in [1.82, 2.24) is 25.6 Å². The Hall–Kier alpha value is -3.74. The van der Waals surface area contributed by atoms with Gasteiger partial charge in [0.15, 0.2) is 5.78 Å². The molecule has 1 aliphatic heterocycles. The Morgan fingerprint density at radius 2 is 1.65 bits per heavy atom. The molecule has 1 saturated heterocycles. The van der Waals surface area contributed by atoms with Gasteiger partial charge >= 0.3 is 6.03 Å². The number of hydrogen-bond acceptors (Lipinski definition) is 7. The van der Waals surface area contributed by atoms with E-state index in [1.165, 1.54) is 23.1 Å². The summed E-state index contributed by atoms with van der Waals surface area (Å²) in [7, 11) is -4.21. The van der Waals surface area contributed by atoms with E-state index >= 15 is 0 Å². The number of benzene rings is 1. The fourth-order valence-corrected chi connectivity index (χ4v) is 8.39. The monoisotopic (exact) mass is 683 g/mol. The number of likely N-dealkylation sites (tertiary alicyclic amines) is 1. The third-order valence-corrected chi connectivity index (χ3v) is 12.1. The molecule has 3 aliphatic carbocycles. The van der Waals surface area contributed by atoms with E-state index in [0.29, 0.717) is 0 Å². The van der Waals surface area contributed by atoms with Crippen molar-refractivity contribution in [3.8, 4) is 0 Å². The smallest absolute Gasteiger partial charge is 0.316 e. The number of ketones is 1. The van der Waals surface area contributed by atoms with Crippen molar-refractivity contribution < 1.29 is 32.4 Å². The Kier molecular flexibility index (Phi) is 9.11. The number of nitrogens with one attached hydrogen (secondary N) is 4. The van der Waals surface area contributed by atoms with E-state index in [1.807, 2.05) is 48.5 Å². The van der Waals surface area contributed by atoms with Gasteiger partial charge in [0.1, 0.15) is 17.6 Å². The van der Waals surface area contributed by atoms with Crippen LogP contribution in [0.25, 0.3) is 0 Å². The van der Waals surface area contributed by atoms with Gasteiger partial charge in [-0.1, -0.05) is 72.7 Å². The molecule has 4 fully saturated rings. The van der Waals surface area contributed by atoms with Gasteiger partial charge in [0, 0.05) is 18.4 Å². The summed E-state index contributed by atoms with van der Waals surface area (Å²) in [6.45, 7) is 17.3. The van der Waals surface area contributed by atoms with Gasteiger partial charge in [-0.2, -0.15) is 0 Å². The molecule has 3 unspecified atom stereocenters. The molecule has 7 atom stereocenters. The molecule has 1 heterocycles. The first-order valence-electron chi connectivity index (χ1n) is 16.7. The average molecular weight is 684 g/mol. The first-order valence-corrected chi connectivity index (χ1v) is 18.2. The van der Waals surface area contributed by atoms with Crippen LogP contribution >= 0.6 is 0 Å². The van der Waals surface area contributed by atoms with Crippen LogP contribution in [0.1, 0.15) is 67.7 Å². The van der Waals surface area contributed by atoms with Crippen LogP contribution < -0.4 is 20.7 Å². The van der Waals surface area contributed by atoms with E-state index in [9.17, 15) is 32.4 Å². The highest BCUT2D eigenvalue weighted by atomic mass is 32.2. The molecule has 0 aromatic heterocycles. The Labute approximate surface area is 283 Å². The van der Waals surface area contributed by atoms with E-state index in [2.05, 4.69) is 27.3 Å². The second-order valence-electron chi connectivity index (χ2n) is 16.0. The summed E-state index contributed by atoms with van der Waals surface area (Å²) in [5, 5.41) is 8.43. The van der Waals surface area contributed by atoms with E-state index in [-0.39, 0.29) is 52.7 Å². The molecule has 12 nitrogen and oxygen atoms in total. The van der Waals surface area contributed by atoms with Gasteiger partial charge in [-0.25, -0.2) is 17.9 Å². The molecule has 0 bridgehead atoms. The zero-order chi connectivity index (χ0) is 35.6. The highest BCUT2D eigenvalue weighted by Gasteiger charge is 2.71. The number of carbonyl (C=O) groups excluding carboxylic acids is 5. The van der Waals surface area contributed by atoms with E-state index < -0.39 is 68.8 Å². The Morgan fingerprint density at radius 3 is 2.17 bits per heavy atom. The molecule has 3 saturated carbocycles. The lowest BCUT2D eigenvalue weighted by atomic mass is 9.85. The van der Waals surface area contributed by atoms with Crippen molar-refractivity contribution in [2.45, 2.75) is 96.3 Å². The maximum Gasteiger partial charge on any atom is 0.316 e. The molecular weight excluding hydrogens is 634 g/mol. The summed E-state index contributed by atoms with van der Waals surface area (Å²) >= 11 is 0. The summed E-state index contributed by atoms with van der Waals surface area (Å²) < 4.78 is 28.1. The summed E-state index contributed by atoms with van der Waals surface area (Å²) in [5.74, 6) is -2.78. The molecule has 1 aromatic rings. The fraction of sp³-hybridized carbons (Fsp3) is 0.629. The number of nitrogens with zero attached hydrogens (tertiary/aromatic N) is 1. The molecule has 0 radical (unpaired) electrons. The maximum absolute atomic E-state index is 14.3. The minimum absolute atomic E-state index is 0.00942. The van der Waals surface area contributed by atoms with Crippen molar-refractivity contribution in [2.75, 3.05) is 6.54 Å². The van der Waals surface area contributed by atoms with E-state index in [0.717, 1.165) is 12.8 Å². The van der Waals surface area contributed by atoms with E-state index in [1.54, 1.807) is 18.2 Å². The number of Topliss-reactive ketones (excluding diaryl/α,β-unsaturated/α-hetero) is 1. The van der Waals surface area contributed by atoms with E-state index in [4.69, 9.17) is 0 Å². The average Bonchev–Trinajstić information content (AvgIpc) is 3.96. The Morgan fingerprint density at radius 1 is 1.02 bits per heavy atom. The van der Waals surface area contributed by atoms with Gasteiger partial charge < -0.3 is 20.9 Å². The highest BCUT2D eigenvalue weighted by molar-refractivity contribution is 7.90. The van der Waals surface area contributed by atoms with Crippen molar-refractivity contribution in [2.24, 2.45) is 40.4 Å². The SMILES string of the molecule is C=CC1C[C@]1(NC(=O)C1[C@@H]2C(CN1C(=O)[C@@H](NC(=O)N[C@H](C(=O)C1CC1)C(C)C)C(C)(C)C)C2(C)C)C(=O)NS(=O)(=O)c1ccccc1. The van der Waals surface area contributed by atoms with Crippen LogP contribution in [0.3, 0.4) is 0 Å². The van der Waals surface area contributed by atoms with Gasteiger partial charge in [0.25, 0.3) is 15.9 Å². The Bertz CT molecular complexity index is 1610. The third kappa shape index (κ3) is 6.62. The maximum atomic E-state index is 14.3. The lowest BCUT2D eigenvalue weighted by molar-refractivity contribution is -0.144. The summed E-state index contributed by atoms with van der Waals surface area (Å²) in [5.41, 5.74) is -2.56. The van der Waals surface area contributed by atoms with Gasteiger partial charge in [0.2, 0.25) is 11.8 Å². The van der Waals surface area contributed by atoms with Crippen LogP contribution in [0, 0.1) is 40.4 Å². The number of rotatable bonds is 12. The minimum atomic E-state index is -4.21. The molecule has 262 valence electrons. The number of piperidine rings is 1. The lowest BCUT2D eigenvalue weighted by Crippen LogP contribution is -2.63. The van der Waals surface area contributed by atoms with Gasteiger partial charge in [-0.15, -0.1) is 6.58 Å². The molecule has 5 amide bonds. The van der Waals surface area contributed by atoms with Crippen LogP contribution in [-0.4, -0.2) is 73.1 Å². The topological polar surface area (TPSA) is 171 Å². The number of urea groups is 1. The first-order chi connectivity index (χ1) is 22.3. The summed E-state index contributed by atoms with van der Waals surface area (Å²) in [4.78, 5) is 69.6. The molecule has 48 heavy (non-hydrogen) atoms. The summed E-state index contributed by atoms with van der Waals surface area (Å²) in [6.07, 6.45) is 3.28. The zero-order valence-corrected chi connectivity index (χ0v) is 29.6. The number of fused-ring (bicyclic) bond motifs is 1. The van der Waals surface area contributed by atoms with Crippen molar-refractivity contribution in [3.63, 3.8) is 0 Å². The highest BCUT2D eigenvalue weighted by Crippen LogP contribution is 2.65. The van der Waals surface area contributed by atoms with Crippen molar-refractivity contribution >= 4 is 39.6 Å². The molecule has 0 spiro atoms. The normalized spacial score (nSPS) is 28.4. The number of hydrogen-bond donors (Lipinski definition) is 4. The molecule has 5 rings (SSSR count). The second-order valence-corrected chi connectivity index (χ2v) is 17.6. The number of sulfonamides is 1. The molecule has 1 aromatic carbocycles. The van der Waals surface area contributed by atoms with Crippen molar-refractivity contribution in [1.29, 1.82) is 0 Å². The molecule has 4 aliphatic rings. The van der Waals surface area contributed by atoms with Crippen LogP contribution in [0.2, 0.25) is 0 Å². The van der Waals surface area contributed by atoms with Gasteiger partial charge in [-0.3, -0.25) is 19.2 Å². The van der Waals surface area contributed by atoms with Crippen LogP contribution in [-0.2, 0) is 29.2 Å². The predicted molar refractivity (Wildman–Crippen MR) is 178 cm³/mol. The van der Waals surface area contributed by atoms with Crippen LogP contribution in [0.15, 0.2) is 47.9 Å². The number of carbonyl (C=O) groups is 5. The summed E-state index contributed by atoms with van der Waals surface area (Å²) in [6, 6.07) is 4.16. The first kappa shape index (κ1) is 35.6. The fourth-order valence-electron chi connectivity index (χ4n) is 7.33. The molecular formula is C35H49N5O7S. The largest absolute Gasteiger partial charge is 0.339 e. The zero-order valence-electron chi connectivity index (χ0n) is 28.8. The van der Waals surface area contributed by atoms with Gasteiger partial charge in [-0.05, 0) is 60.0 Å². The third-order valence-electron chi connectivity index (χ3n) is 10.7. The number of amides is 5. The van der Waals surface area contributed by atoms with Crippen LogP contribution in [0.5, 0.6) is 0 Å². The quantitative estimate of drug-likeness (QED) is 0.246. The van der Waals surface area contributed by atoms with Crippen LogP contribution in [0.4, 0.5) is 4.79 Å². The lowest BCUT2D eigenvalue weighted by Gasteiger charge is -2.38. The Balaban J connectivity index is 1.35. The van der Waals surface area contributed by atoms with Crippen molar-refractivity contribution in [3.05, 3.63) is 43.0 Å².